The van der Waals surface area contributed by atoms with E-state index < -0.39 is 22.5 Å². The molecule has 0 bridgehead atoms. The third-order valence-corrected chi connectivity index (χ3v) is 7.05. The third kappa shape index (κ3) is 4.64. The molecule has 1 amide bonds. The normalized spacial score (nSPS) is 22.4. The molecule has 0 aromatic heterocycles. The van der Waals surface area contributed by atoms with Gasteiger partial charge >= 0.3 is 5.97 Å². The first-order chi connectivity index (χ1) is 13.3. The summed E-state index contributed by atoms with van der Waals surface area (Å²) in [5.41, 5.74) is 0.224. The Labute approximate surface area is 165 Å². The monoisotopic (exact) mass is 410 g/mol. The average Bonchev–Trinajstić information content (AvgIpc) is 3.43. The van der Waals surface area contributed by atoms with Gasteiger partial charge in [0.05, 0.1) is 23.6 Å². The van der Waals surface area contributed by atoms with Crippen molar-refractivity contribution >= 4 is 27.6 Å². The van der Waals surface area contributed by atoms with Crippen LogP contribution in [0, 0.1) is 11.8 Å². The highest BCUT2D eigenvalue weighted by Crippen LogP contribution is 2.38. The maximum atomic E-state index is 12.9. The van der Waals surface area contributed by atoms with Gasteiger partial charge in [-0.25, -0.2) is 8.42 Å². The van der Waals surface area contributed by atoms with Gasteiger partial charge in [0.1, 0.15) is 5.75 Å². The highest BCUT2D eigenvalue weighted by atomic mass is 32.2. The Morgan fingerprint density at radius 2 is 1.89 bits per heavy atom. The lowest BCUT2D eigenvalue weighted by Crippen LogP contribution is -2.35. The number of carbonyl (C=O) groups is 2. The van der Waals surface area contributed by atoms with Crippen LogP contribution in [0.5, 0.6) is 5.75 Å². The van der Waals surface area contributed by atoms with Gasteiger partial charge in [-0.2, -0.15) is 4.31 Å². The molecule has 1 aromatic carbocycles. The molecule has 1 heterocycles. The molecule has 1 aromatic rings. The van der Waals surface area contributed by atoms with Crippen LogP contribution in [0.3, 0.4) is 0 Å². The lowest BCUT2D eigenvalue weighted by molar-refractivity contribution is -0.148. The predicted octanol–water partition coefficient (Wildman–Crippen LogP) is 2.01. The molecule has 2 fully saturated rings. The number of piperidine rings is 1. The van der Waals surface area contributed by atoms with Gasteiger partial charge in [-0.1, -0.05) is 13.3 Å². The molecule has 0 radical (unpaired) electrons. The van der Waals surface area contributed by atoms with E-state index in [1.54, 1.807) is 0 Å². The van der Waals surface area contributed by atoms with E-state index in [1.807, 2.05) is 6.92 Å². The largest absolute Gasteiger partial charge is 0.495 e. The fourth-order valence-electron chi connectivity index (χ4n) is 3.28. The maximum Gasteiger partial charge on any atom is 0.309 e. The van der Waals surface area contributed by atoms with Crippen LogP contribution in [0.25, 0.3) is 0 Å². The highest BCUT2D eigenvalue weighted by Gasteiger charge is 2.40. The van der Waals surface area contributed by atoms with Crippen molar-refractivity contribution in [2.45, 2.75) is 37.5 Å². The first-order valence-corrected chi connectivity index (χ1v) is 10.9. The molecule has 0 unspecified atom stereocenters. The van der Waals surface area contributed by atoms with Gasteiger partial charge < -0.3 is 14.8 Å². The molecule has 2 aliphatic rings. The van der Waals surface area contributed by atoms with Crippen molar-refractivity contribution in [1.29, 1.82) is 0 Å². The lowest BCUT2D eigenvalue weighted by atomic mass is 10.2. The van der Waals surface area contributed by atoms with Crippen molar-refractivity contribution in [2.75, 3.05) is 32.1 Å². The molecule has 1 N–H and O–H groups in total. The SMILES string of the molecule is COc1ccc(S(=O)(=O)N2CCCCC2)cc1NC(=O)COC(=O)[C@@H]1C[C@H]1C. The molecule has 28 heavy (non-hydrogen) atoms. The summed E-state index contributed by atoms with van der Waals surface area (Å²) in [5.74, 6) is -0.427. The number of anilines is 1. The minimum atomic E-state index is -3.64. The molecule has 3 rings (SSSR count). The summed E-state index contributed by atoms with van der Waals surface area (Å²) >= 11 is 0. The van der Waals surface area contributed by atoms with Crippen molar-refractivity contribution in [3.63, 3.8) is 0 Å². The van der Waals surface area contributed by atoms with Gasteiger partial charge in [-0.15, -0.1) is 0 Å². The Morgan fingerprint density at radius 1 is 1.21 bits per heavy atom. The van der Waals surface area contributed by atoms with Crippen LogP contribution < -0.4 is 10.1 Å². The second-order valence-corrected chi connectivity index (χ2v) is 9.24. The molecule has 1 aliphatic heterocycles. The van der Waals surface area contributed by atoms with Gasteiger partial charge in [-0.05, 0) is 43.4 Å². The second-order valence-electron chi connectivity index (χ2n) is 7.30. The fraction of sp³-hybridized carbons (Fsp3) is 0.579. The maximum absolute atomic E-state index is 12.9. The van der Waals surface area contributed by atoms with Crippen LogP contribution in [-0.4, -0.2) is 51.4 Å². The standard InChI is InChI=1S/C19H26N2O6S/c1-13-10-15(13)19(23)27-12-18(22)20-16-11-14(6-7-17(16)26-2)28(24,25)21-8-4-3-5-9-21/h6-7,11,13,15H,3-5,8-10,12H2,1-2H3,(H,20,22)/t13-,15-/m1/s1. The number of ether oxygens (including phenoxy) is 2. The zero-order valence-electron chi connectivity index (χ0n) is 16.1. The summed E-state index contributed by atoms with van der Waals surface area (Å²) in [5, 5.41) is 2.58. The lowest BCUT2D eigenvalue weighted by Gasteiger charge is -2.26. The first kappa shape index (κ1) is 20.6. The van der Waals surface area contributed by atoms with Gasteiger partial charge in [0.15, 0.2) is 6.61 Å². The number of methoxy groups -OCH3 is 1. The molecular weight excluding hydrogens is 384 g/mol. The predicted molar refractivity (Wildman–Crippen MR) is 102 cm³/mol. The second kappa shape index (κ2) is 8.48. The van der Waals surface area contributed by atoms with Crippen LogP contribution in [0.15, 0.2) is 23.1 Å². The number of amides is 1. The van der Waals surface area contributed by atoms with Gasteiger partial charge in [-0.3, -0.25) is 9.59 Å². The quantitative estimate of drug-likeness (QED) is 0.690. The Bertz CT molecular complexity index is 848. The van der Waals surface area contributed by atoms with Gasteiger partial charge in [0.2, 0.25) is 10.0 Å². The summed E-state index contributed by atoms with van der Waals surface area (Å²) in [6.07, 6.45) is 3.48. The molecule has 154 valence electrons. The first-order valence-electron chi connectivity index (χ1n) is 9.47. The molecule has 0 spiro atoms. The van der Waals surface area contributed by atoms with Crippen LogP contribution >= 0.6 is 0 Å². The number of rotatable bonds is 7. The van der Waals surface area contributed by atoms with Crippen LogP contribution in [-0.2, 0) is 24.3 Å². The van der Waals surface area contributed by atoms with Gasteiger partial charge in [0, 0.05) is 13.1 Å². The topological polar surface area (TPSA) is 102 Å². The number of nitrogens with zero attached hydrogens (tertiary/aromatic N) is 1. The Balaban J connectivity index is 1.70. The summed E-state index contributed by atoms with van der Waals surface area (Å²) in [7, 11) is -2.21. The highest BCUT2D eigenvalue weighted by molar-refractivity contribution is 7.89. The Hall–Kier alpha value is -2.13. The molecular formula is C19H26N2O6S. The summed E-state index contributed by atoms with van der Waals surface area (Å²) in [6.45, 7) is 2.51. The van der Waals surface area contributed by atoms with E-state index in [9.17, 15) is 18.0 Å². The molecule has 2 atom stereocenters. The Morgan fingerprint density at radius 3 is 2.50 bits per heavy atom. The van der Waals surface area contributed by atoms with Crippen LogP contribution in [0.2, 0.25) is 0 Å². The number of benzene rings is 1. The van der Waals surface area contributed by atoms with Crippen molar-refractivity contribution in [1.82, 2.24) is 4.31 Å². The number of hydrogen-bond donors (Lipinski definition) is 1. The molecule has 1 aliphatic carbocycles. The van der Waals surface area contributed by atoms with Crippen LogP contribution in [0.4, 0.5) is 5.69 Å². The van der Waals surface area contributed by atoms with Crippen molar-refractivity contribution in [3.05, 3.63) is 18.2 Å². The van der Waals surface area contributed by atoms with E-state index in [4.69, 9.17) is 9.47 Å². The van der Waals surface area contributed by atoms with Gasteiger partial charge in [0.25, 0.3) is 5.91 Å². The molecule has 8 nitrogen and oxygen atoms in total. The smallest absolute Gasteiger partial charge is 0.309 e. The van der Waals surface area contributed by atoms with E-state index in [2.05, 4.69) is 5.32 Å². The summed E-state index contributed by atoms with van der Waals surface area (Å²) in [4.78, 5) is 24.0. The Kier molecular flexibility index (Phi) is 6.24. The number of sulfonamides is 1. The van der Waals surface area contributed by atoms with Crippen molar-refractivity contribution in [2.24, 2.45) is 11.8 Å². The van der Waals surface area contributed by atoms with E-state index >= 15 is 0 Å². The molecule has 9 heteroatoms. The zero-order valence-corrected chi connectivity index (χ0v) is 17.0. The molecule has 1 saturated carbocycles. The van der Waals surface area contributed by atoms with E-state index in [0.29, 0.717) is 24.8 Å². The third-order valence-electron chi connectivity index (χ3n) is 5.16. The van der Waals surface area contributed by atoms with Crippen molar-refractivity contribution in [3.8, 4) is 5.75 Å². The fourth-order valence-corrected chi connectivity index (χ4v) is 4.82. The van der Waals surface area contributed by atoms with Crippen LogP contribution in [0.1, 0.15) is 32.6 Å². The minimum Gasteiger partial charge on any atom is -0.495 e. The number of nitrogens with one attached hydrogen (secondary N) is 1. The van der Waals surface area contributed by atoms with E-state index in [1.165, 1.54) is 29.6 Å². The van der Waals surface area contributed by atoms with E-state index in [-0.39, 0.29) is 22.5 Å². The average molecular weight is 410 g/mol. The van der Waals surface area contributed by atoms with E-state index in [0.717, 1.165) is 25.7 Å². The summed E-state index contributed by atoms with van der Waals surface area (Å²) in [6, 6.07) is 4.35. The number of esters is 1. The van der Waals surface area contributed by atoms with Crippen molar-refractivity contribution < 1.29 is 27.5 Å². The summed E-state index contributed by atoms with van der Waals surface area (Å²) < 4.78 is 37.4. The zero-order chi connectivity index (χ0) is 20.3. The number of carbonyl (C=O) groups excluding carboxylic acids is 2. The minimum absolute atomic E-state index is 0.0919. The number of hydrogen-bond acceptors (Lipinski definition) is 6. The molecule has 1 saturated heterocycles.